The lowest BCUT2D eigenvalue weighted by molar-refractivity contribution is -0.158. The van der Waals surface area contributed by atoms with E-state index in [0.717, 1.165) is 12.8 Å². The third-order valence-electron chi connectivity index (χ3n) is 6.72. The van der Waals surface area contributed by atoms with Gasteiger partial charge in [0.15, 0.2) is 5.78 Å². The molecule has 6 heteroatoms. The summed E-state index contributed by atoms with van der Waals surface area (Å²) in [6.45, 7) is 9.73. The molecular formula is C30H58O6. The number of carbonyl (C=O) groups is 2. The minimum Gasteiger partial charge on any atom is -0.464 e. The molecule has 0 aliphatic heterocycles. The SMILES string of the molecule is CCCCCCCCCCCCCCCCCCOC(=O)COCC(=O)C(C)(C)OCC(C)(C)OC. The molecule has 0 fully saturated rings. The summed E-state index contributed by atoms with van der Waals surface area (Å²) in [6, 6.07) is 0. The lowest BCUT2D eigenvalue weighted by atomic mass is 10.0. The zero-order chi connectivity index (χ0) is 27.1. The fourth-order valence-electron chi connectivity index (χ4n) is 3.77. The van der Waals surface area contributed by atoms with Gasteiger partial charge in [-0.05, 0) is 34.1 Å². The number of ketones is 1. The maximum Gasteiger partial charge on any atom is 0.332 e. The minimum absolute atomic E-state index is 0.186. The van der Waals surface area contributed by atoms with E-state index >= 15 is 0 Å². The van der Waals surface area contributed by atoms with Gasteiger partial charge in [0.05, 0.1) is 18.8 Å². The molecule has 0 heterocycles. The Bertz CT molecular complexity index is 544. The van der Waals surface area contributed by atoms with E-state index in [1.54, 1.807) is 21.0 Å². The first-order chi connectivity index (χ1) is 17.1. The van der Waals surface area contributed by atoms with Gasteiger partial charge < -0.3 is 18.9 Å². The summed E-state index contributed by atoms with van der Waals surface area (Å²) in [4.78, 5) is 24.2. The van der Waals surface area contributed by atoms with Crippen LogP contribution >= 0.6 is 0 Å². The molecular weight excluding hydrogens is 456 g/mol. The number of esters is 1. The first-order valence-corrected chi connectivity index (χ1v) is 14.6. The van der Waals surface area contributed by atoms with Crippen LogP contribution in [0.4, 0.5) is 0 Å². The van der Waals surface area contributed by atoms with Crippen molar-refractivity contribution in [2.45, 2.75) is 149 Å². The van der Waals surface area contributed by atoms with Gasteiger partial charge >= 0.3 is 5.97 Å². The van der Waals surface area contributed by atoms with Gasteiger partial charge in [0.2, 0.25) is 0 Å². The van der Waals surface area contributed by atoms with Crippen LogP contribution < -0.4 is 0 Å². The van der Waals surface area contributed by atoms with Crippen molar-refractivity contribution in [1.82, 2.24) is 0 Å². The van der Waals surface area contributed by atoms with Gasteiger partial charge in [-0.1, -0.05) is 103 Å². The second-order valence-electron chi connectivity index (χ2n) is 11.2. The Labute approximate surface area is 222 Å². The van der Waals surface area contributed by atoms with Crippen LogP contribution in [0.1, 0.15) is 137 Å². The molecule has 0 unspecified atom stereocenters. The first kappa shape index (κ1) is 35.0. The summed E-state index contributed by atoms with van der Waals surface area (Å²) in [5.74, 6) is -0.650. The molecule has 0 aromatic heterocycles. The van der Waals surface area contributed by atoms with E-state index in [1.165, 1.54) is 89.9 Å². The van der Waals surface area contributed by atoms with Crippen molar-refractivity contribution < 1.29 is 28.5 Å². The van der Waals surface area contributed by atoms with Gasteiger partial charge in [0.1, 0.15) is 18.8 Å². The van der Waals surface area contributed by atoms with Gasteiger partial charge in [-0.3, -0.25) is 4.79 Å². The normalized spacial score (nSPS) is 12.2. The maximum absolute atomic E-state index is 12.3. The van der Waals surface area contributed by atoms with Crippen LogP contribution in [0.15, 0.2) is 0 Å². The summed E-state index contributed by atoms with van der Waals surface area (Å²) < 4.78 is 21.5. The third-order valence-corrected chi connectivity index (χ3v) is 6.72. The number of carbonyl (C=O) groups excluding carboxylic acids is 2. The highest BCUT2D eigenvalue weighted by Crippen LogP contribution is 2.17. The average Bonchev–Trinajstić information content (AvgIpc) is 2.84. The first-order valence-electron chi connectivity index (χ1n) is 14.6. The highest BCUT2D eigenvalue weighted by molar-refractivity contribution is 5.87. The molecule has 0 amide bonds. The van der Waals surface area contributed by atoms with Crippen LogP contribution in [-0.4, -0.2) is 56.5 Å². The van der Waals surface area contributed by atoms with Crippen molar-refractivity contribution in [2.75, 3.05) is 33.5 Å². The smallest absolute Gasteiger partial charge is 0.332 e. The Morgan fingerprint density at radius 1 is 0.639 bits per heavy atom. The van der Waals surface area contributed by atoms with Crippen LogP contribution in [0.5, 0.6) is 0 Å². The van der Waals surface area contributed by atoms with Crippen molar-refractivity contribution in [3.05, 3.63) is 0 Å². The molecule has 0 bridgehead atoms. The van der Waals surface area contributed by atoms with Crippen molar-refractivity contribution in [3.63, 3.8) is 0 Å². The summed E-state index contributed by atoms with van der Waals surface area (Å²) >= 11 is 0. The fraction of sp³-hybridized carbons (Fsp3) is 0.933. The number of ether oxygens (including phenoxy) is 4. The molecule has 0 atom stereocenters. The molecule has 0 rings (SSSR count). The number of hydrogen-bond donors (Lipinski definition) is 0. The summed E-state index contributed by atoms with van der Waals surface area (Å²) in [7, 11) is 1.60. The Morgan fingerprint density at radius 3 is 1.53 bits per heavy atom. The molecule has 0 N–H and O–H groups in total. The third kappa shape index (κ3) is 21.1. The second kappa shape index (κ2) is 22.0. The predicted molar refractivity (Wildman–Crippen MR) is 147 cm³/mol. The second-order valence-corrected chi connectivity index (χ2v) is 11.2. The topological polar surface area (TPSA) is 71.1 Å². The molecule has 0 aromatic carbocycles. The largest absolute Gasteiger partial charge is 0.464 e. The lowest BCUT2D eigenvalue weighted by Gasteiger charge is -2.30. The number of rotatable bonds is 26. The Balaban J connectivity index is 3.52. The standard InChI is InChI=1S/C30H58O6/c1-7-8-9-10-11-12-13-14-15-16-17-18-19-20-21-22-23-35-28(32)25-34-24-27(31)30(4,5)36-26-29(2,3)33-6/h7-26H2,1-6H3. The molecule has 0 radical (unpaired) electrons. The number of Topliss-reactive ketones (excluding diaryl/α,β-unsaturated/α-hetero) is 1. The van der Waals surface area contributed by atoms with E-state index in [-0.39, 0.29) is 25.6 Å². The Kier molecular flexibility index (Phi) is 21.4. The van der Waals surface area contributed by atoms with E-state index in [2.05, 4.69) is 6.92 Å². The molecule has 36 heavy (non-hydrogen) atoms. The maximum atomic E-state index is 12.3. The molecule has 0 aliphatic rings. The summed E-state index contributed by atoms with van der Waals surface area (Å²) in [5, 5.41) is 0. The molecule has 0 saturated heterocycles. The molecule has 0 aliphatic carbocycles. The molecule has 0 saturated carbocycles. The van der Waals surface area contributed by atoms with Crippen LogP contribution in [0, 0.1) is 0 Å². The number of methoxy groups -OCH3 is 1. The zero-order valence-corrected chi connectivity index (χ0v) is 24.6. The number of unbranched alkanes of at least 4 members (excludes halogenated alkanes) is 15. The minimum atomic E-state index is -1.01. The van der Waals surface area contributed by atoms with Crippen molar-refractivity contribution in [1.29, 1.82) is 0 Å². The molecule has 6 nitrogen and oxygen atoms in total. The number of hydrogen-bond acceptors (Lipinski definition) is 6. The van der Waals surface area contributed by atoms with Crippen molar-refractivity contribution in [2.24, 2.45) is 0 Å². The van der Waals surface area contributed by atoms with Gasteiger partial charge in [0, 0.05) is 7.11 Å². The fourth-order valence-corrected chi connectivity index (χ4v) is 3.77. The van der Waals surface area contributed by atoms with Gasteiger partial charge in [0.25, 0.3) is 0 Å². The molecule has 214 valence electrons. The highest BCUT2D eigenvalue weighted by Gasteiger charge is 2.31. The van der Waals surface area contributed by atoms with Crippen molar-refractivity contribution in [3.8, 4) is 0 Å². The summed E-state index contributed by atoms with van der Waals surface area (Å²) in [6.07, 6.45) is 21.0. The van der Waals surface area contributed by atoms with Crippen LogP contribution in [0.3, 0.4) is 0 Å². The van der Waals surface area contributed by atoms with E-state index in [4.69, 9.17) is 18.9 Å². The van der Waals surface area contributed by atoms with Crippen LogP contribution in [-0.2, 0) is 28.5 Å². The van der Waals surface area contributed by atoms with E-state index in [1.807, 2.05) is 13.8 Å². The van der Waals surface area contributed by atoms with Crippen LogP contribution in [0.25, 0.3) is 0 Å². The van der Waals surface area contributed by atoms with Gasteiger partial charge in [-0.2, -0.15) is 0 Å². The lowest BCUT2D eigenvalue weighted by Crippen LogP contribution is -2.42. The highest BCUT2D eigenvalue weighted by atomic mass is 16.6. The quantitative estimate of drug-likeness (QED) is 0.0874. The summed E-state index contributed by atoms with van der Waals surface area (Å²) in [5.41, 5.74) is -1.48. The Hall–Kier alpha value is -0.980. The zero-order valence-electron chi connectivity index (χ0n) is 24.6. The van der Waals surface area contributed by atoms with E-state index in [9.17, 15) is 9.59 Å². The monoisotopic (exact) mass is 514 g/mol. The van der Waals surface area contributed by atoms with E-state index in [0.29, 0.717) is 6.61 Å². The molecule has 0 aromatic rings. The average molecular weight is 515 g/mol. The van der Waals surface area contributed by atoms with E-state index < -0.39 is 17.2 Å². The van der Waals surface area contributed by atoms with Crippen molar-refractivity contribution >= 4 is 11.8 Å². The van der Waals surface area contributed by atoms with Crippen LogP contribution in [0.2, 0.25) is 0 Å². The van der Waals surface area contributed by atoms with Gasteiger partial charge in [-0.25, -0.2) is 4.79 Å². The van der Waals surface area contributed by atoms with Gasteiger partial charge in [-0.15, -0.1) is 0 Å². The molecule has 0 spiro atoms. The Morgan fingerprint density at radius 2 is 1.08 bits per heavy atom. The predicted octanol–water partition coefficient (Wildman–Crippen LogP) is 7.60.